The second-order valence-electron chi connectivity index (χ2n) is 5.90. The maximum absolute atomic E-state index is 12.4. The highest BCUT2D eigenvalue weighted by molar-refractivity contribution is 14.0. The number of carbonyl (C=O) groups excluding carboxylic acids is 1. The molecule has 23 heavy (non-hydrogen) atoms. The molecule has 5 nitrogen and oxygen atoms in total. The van der Waals surface area contributed by atoms with E-state index in [9.17, 15) is 18.0 Å². The molecule has 9 heteroatoms. The van der Waals surface area contributed by atoms with Crippen LogP contribution in [0.5, 0.6) is 0 Å². The quantitative estimate of drug-likeness (QED) is 0.384. The molecule has 0 spiro atoms. The van der Waals surface area contributed by atoms with E-state index in [0.29, 0.717) is 12.5 Å². The first-order valence-electron chi connectivity index (χ1n) is 7.43. The van der Waals surface area contributed by atoms with Gasteiger partial charge in [0.15, 0.2) is 5.96 Å². The number of aliphatic imine (C=N–C) groups is 1. The number of hydrogen-bond acceptors (Lipinski definition) is 2. The Morgan fingerprint density at radius 3 is 2.22 bits per heavy atom. The molecule has 0 aromatic rings. The second-order valence-corrected chi connectivity index (χ2v) is 5.90. The van der Waals surface area contributed by atoms with Gasteiger partial charge in [-0.1, -0.05) is 12.8 Å². The Kier molecular flexibility index (Phi) is 9.22. The minimum Gasteiger partial charge on any atom is -0.356 e. The molecule has 0 aromatic heterocycles. The van der Waals surface area contributed by atoms with Crippen LogP contribution in [0.2, 0.25) is 0 Å². The van der Waals surface area contributed by atoms with Gasteiger partial charge >= 0.3 is 6.18 Å². The molecule has 0 aromatic carbocycles. The van der Waals surface area contributed by atoms with Crippen LogP contribution in [0.4, 0.5) is 13.2 Å². The zero-order chi connectivity index (χ0) is 16.8. The highest BCUT2D eigenvalue weighted by Gasteiger charge is 2.42. The molecular weight excluding hydrogens is 424 g/mol. The van der Waals surface area contributed by atoms with Crippen molar-refractivity contribution in [2.75, 3.05) is 34.2 Å². The molecular formula is C14H26F3IN4O. The highest BCUT2D eigenvalue weighted by Crippen LogP contribution is 2.38. The fourth-order valence-corrected chi connectivity index (χ4v) is 2.79. The minimum absolute atomic E-state index is 0. The smallest absolute Gasteiger partial charge is 0.356 e. The highest BCUT2D eigenvalue weighted by atomic mass is 127. The molecule has 0 aliphatic heterocycles. The van der Waals surface area contributed by atoms with Crippen LogP contribution in [0.25, 0.3) is 0 Å². The maximum atomic E-state index is 12.4. The third-order valence-corrected chi connectivity index (χ3v) is 3.94. The molecule has 0 heterocycles. The van der Waals surface area contributed by atoms with Gasteiger partial charge in [0.25, 0.3) is 0 Å². The van der Waals surface area contributed by atoms with Crippen molar-refractivity contribution in [3.63, 3.8) is 0 Å². The molecule has 1 aliphatic rings. The van der Waals surface area contributed by atoms with E-state index in [1.807, 2.05) is 0 Å². The number of guanidine groups is 1. The molecule has 1 amide bonds. The zero-order valence-corrected chi connectivity index (χ0v) is 16.1. The molecule has 1 fully saturated rings. The topological polar surface area (TPSA) is 56.7 Å². The summed E-state index contributed by atoms with van der Waals surface area (Å²) in [5.41, 5.74) is -0.481. The molecule has 0 atom stereocenters. The average molecular weight is 450 g/mol. The number of carbonyl (C=O) groups is 1. The summed E-state index contributed by atoms with van der Waals surface area (Å²) < 4.78 is 36.4. The molecule has 2 N–H and O–H groups in total. The summed E-state index contributed by atoms with van der Waals surface area (Å²) in [6, 6.07) is 0. The Morgan fingerprint density at radius 2 is 1.78 bits per heavy atom. The monoisotopic (exact) mass is 450 g/mol. The number of rotatable bonds is 5. The lowest BCUT2D eigenvalue weighted by molar-refractivity contribution is -0.138. The summed E-state index contributed by atoms with van der Waals surface area (Å²) >= 11 is 0. The van der Waals surface area contributed by atoms with Gasteiger partial charge in [0.1, 0.15) is 0 Å². The first-order chi connectivity index (χ1) is 10.2. The van der Waals surface area contributed by atoms with Gasteiger partial charge in [-0.25, -0.2) is 0 Å². The van der Waals surface area contributed by atoms with Crippen molar-refractivity contribution in [3.05, 3.63) is 0 Å². The summed E-state index contributed by atoms with van der Waals surface area (Å²) in [4.78, 5) is 17.9. The van der Waals surface area contributed by atoms with Crippen LogP contribution in [0.3, 0.4) is 0 Å². The number of nitrogens with one attached hydrogen (secondary N) is 2. The lowest BCUT2D eigenvalue weighted by Gasteiger charge is -2.31. The van der Waals surface area contributed by atoms with Gasteiger partial charge in [-0.2, -0.15) is 13.2 Å². The van der Waals surface area contributed by atoms with Gasteiger partial charge in [0.05, 0.1) is 11.8 Å². The molecule has 1 aliphatic carbocycles. The lowest BCUT2D eigenvalue weighted by Crippen LogP contribution is -2.49. The van der Waals surface area contributed by atoms with Crippen LogP contribution in [0.1, 0.15) is 32.1 Å². The summed E-state index contributed by atoms with van der Waals surface area (Å²) in [5, 5.41) is 5.63. The largest absolute Gasteiger partial charge is 0.390 e. The van der Waals surface area contributed by atoms with Gasteiger partial charge in [0, 0.05) is 34.2 Å². The van der Waals surface area contributed by atoms with E-state index in [1.165, 1.54) is 7.05 Å². The van der Waals surface area contributed by atoms with Crippen LogP contribution in [0.15, 0.2) is 4.99 Å². The fraction of sp³-hybridized carbons (Fsp3) is 0.857. The van der Waals surface area contributed by atoms with Crippen molar-refractivity contribution in [2.45, 2.75) is 38.3 Å². The van der Waals surface area contributed by atoms with Crippen molar-refractivity contribution in [1.29, 1.82) is 0 Å². The first-order valence-corrected chi connectivity index (χ1v) is 7.43. The van der Waals surface area contributed by atoms with Gasteiger partial charge < -0.3 is 15.5 Å². The maximum Gasteiger partial charge on any atom is 0.390 e. The summed E-state index contributed by atoms with van der Waals surface area (Å²) in [7, 11) is 4.94. The fourth-order valence-electron chi connectivity index (χ4n) is 2.79. The Labute approximate surface area is 152 Å². The summed E-state index contributed by atoms with van der Waals surface area (Å²) in [5.74, 6) is 0.352. The normalized spacial score (nSPS) is 17.4. The molecule has 0 saturated heterocycles. The Morgan fingerprint density at radius 1 is 1.22 bits per heavy atom. The van der Waals surface area contributed by atoms with Crippen LogP contribution in [-0.2, 0) is 4.79 Å². The summed E-state index contributed by atoms with van der Waals surface area (Å²) in [6.07, 6.45) is -1.56. The van der Waals surface area contributed by atoms with Crippen LogP contribution >= 0.6 is 24.0 Å². The number of halogens is 4. The van der Waals surface area contributed by atoms with Crippen LogP contribution < -0.4 is 10.6 Å². The van der Waals surface area contributed by atoms with Crippen molar-refractivity contribution >= 4 is 35.8 Å². The number of hydrogen-bond donors (Lipinski definition) is 2. The van der Waals surface area contributed by atoms with Crippen molar-refractivity contribution in [2.24, 2.45) is 10.4 Å². The van der Waals surface area contributed by atoms with E-state index >= 15 is 0 Å². The minimum atomic E-state index is -4.20. The van der Waals surface area contributed by atoms with E-state index in [0.717, 1.165) is 25.7 Å². The molecule has 0 radical (unpaired) electrons. The zero-order valence-electron chi connectivity index (χ0n) is 13.8. The lowest BCUT2D eigenvalue weighted by atomic mass is 9.84. The standard InChI is InChI=1S/C14H25F3N4O.HI/c1-18-12(19-9-8-14(15,16)17)20-10-13(6-4-5-7-13)11(22)21(2)3;/h4-10H2,1-3H3,(H2,18,19,20);1H. The SMILES string of the molecule is CN=C(NCCC(F)(F)F)NCC1(C(=O)N(C)C)CCCC1.I. The molecule has 0 bridgehead atoms. The van der Waals surface area contributed by atoms with Crippen molar-refractivity contribution in [3.8, 4) is 0 Å². The van der Waals surface area contributed by atoms with Gasteiger partial charge in [-0.05, 0) is 12.8 Å². The van der Waals surface area contributed by atoms with E-state index in [-0.39, 0.29) is 36.4 Å². The van der Waals surface area contributed by atoms with Gasteiger partial charge in [-0.15, -0.1) is 24.0 Å². The van der Waals surface area contributed by atoms with E-state index in [4.69, 9.17) is 0 Å². The third-order valence-electron chi connectivity index (χ3n) is 3.94. The predicted octanol–water partition coefficient (Wildman–Crippen LogP) is 2.37. The van der Waals surface area contributed by atoms with E-state index in [2.05, 4.69) is 15.6 Å². The van der Waals surface area contributed by atoms with Gasteiger partial charge in [0.2, 0.25) is 5.91 Å². The number of amides is 1. The van der Waals surface area contributed by atoms with Crippen molar-refractivity contribution < 1.29 is 18.0 Å². The molecule has 136 valence electrons. The Bertz CT molecular complexity index is 407. The molecule has 1 rings (SSSR count). The Hall–Kier alpha value is -0.740. The van der Waals surface area contributed by atoms with Crippen molar-refractivity contribution in [1.82, 2.24) is 15.5 Å². The van der Waals surface area contributed by atoms with E-state index < -0.39 is 18.0 Å². The van der Waals surface area contributed by atoms with E-state index in [1.54, 1.807) is 19.0 Å². The van der Waals surface area contributed by atoms with Crippen LogP contribution in [-0.4, -0.2) is 57.2 Å². The summed E-state index contributed by atoms with van der Waals surface area (Å²) in [6.45, 7) is 0.146. The van der Waals surface area contributed by atoms with Crippen LogP contribution in [0, 0.1) is 5.41 Å². The first kappa shape index (κ1) is 22.3. The Balaban J connectivity index is 0.00000484. The number of alkyl halides is 3. The molecule has 1 saturated carbocycles. The predicted molar refractivity (Wildman–Crippen MR) is 95.0 cm³/mol. The van der Waals surface area contributed by atoms with Gasteiger partial charge in [-0.3, -0.25) is 9.79 Å². The molecule has 0 unspecified atom stereocenters. The average Bonchev–Trinajstić information content (AvgIpc) is 2.90. The second kappa shape index (κ2) is 9.53. The third kappa shape index (κ3) is 7.13. The number of nitrogens with zero attached hydrogens (tertiary/aromatic N) is 2.